The highest BCUT2D eigenvalue weighted by Crippen LogP contribution is 2.51. The Morgan fingerprint density at radius 3 is 2.30 bits per heavy atom. The average molecular weight is 799 g/mol. The van der Waals surface area contributed by atoms with E-state index in [1.807, 2.05) is 20.8 Å². The van der Waals surface area contributed by atoms with E-state index in [-0.39, 0.29) is 68.7 Å². The maximum absolute atomic E-state index is 16.4. The van der Waals surface area contributed by atoms with Crippen molar-refractivity contribution in [2.45, 2.75) is 103 Å². The minimum absolute atomic E-state index is 0.00251. The number of hydrogen-bond acceptors (Lipinski definition) is 12. The van der Waals surface area contributed by atoms with Crippen LogP contribution < -0.4 is 10.2 Å². The van der Waals surface area contributed by atoms with Crippen molar-refractivity contribution in [3.8, 4) is 17.2 Å². The van der Waals surface area contributed by atoms with Crippen molar-refractivity contribution in [2.24, 2.45) is 0 Å². The monoisotopic (exact) mass is 798 g/mol. The van der Waals surface area contributed by atoms with Gasteiger partial charge in [-0.2, -0.15) is 5.26 Å². The zero-order chi connectivity index (χ0) is 39.1. The third kappa shape index (κ3) is 6.69. The number of ether oxygens (including phenoxy) is 3. The van der Waals surface area contributed by atoms with Gasteiger partial charge in [0, 0.05) is 46.4 Å². The average Bonchev–Trinajstić information content (AvgIpc) is 3.76. The first-order valence-electron chi connectivity index (χ1n) is 17.6. The number of likely N-dealkylation sites (tertiary alicyclic amines) is 1. The molecule has 2 amide bonds. The van der Waals surface area contributed by atoms with Crippen LogP contribution in [-0.2, 0) is 37.3 Å². The van der Waals surface area contributed by atoms with Gasteiger partial charge in [-0.15, -0.1) is 11.3 Å². The van der Waals surface area contributed by atoms with E-state index in [1.54, 1.807) is 25.7 Å². The molecule has 2 atom stereocenters. The van der Waals surface area contributed by atoms with Crippen molar-refractivity contribution in [2.75, 3.05) is 29.1 Å². The first-order valence-corrected chi connectivity index (χ1v) is 20.4. The molecule has 286 valence electrons. The molecule has 2 fully saturated rings. The van der Waals surface area contributed by atoms with Crippen LogP contribution in [-0.4, -0.2) is 77.6 Å². The van der Waals surface area contributed by atoms with Crippen LogP contribution in [0.3, 0.4) is 0 Å². The molecule has 0 spiro atoms. The largest absolute Gasteiger partial charge is 0.444 e. The lowest BCUT2D eigenvalue weighted by Gasteiger charge is -2.42. The molecule has 7 rings (SSSR count). The summed E-state index contributed by atoms with van der Waals surface area (Å²) in [6, 6.07) is 4.48. The standard InChI is InChI=1S/C37H40ClFN6O7S2/c1-8-54(48,49)33-41-30-27(31(42-33)45-18-9-10-19(45)15-44(14-18)35(47)52-37(5,6)7)22-17-50-16-21(22)26(29(30)38)28-23(39)11-12-24-25(28)20(13-40)32(53-24)43-34(46)51-36(2,3)4/h11-12,18-19H,8-10,14-17H2,1-7H3,(H,43,46). The number of rotatable bonds is 5. The molecule has 2 aromatic heterocycles. The second-order valence-corrected chi connectivity index (χ2v) is 19.2. The summed E-state index contributed by atoms with van der Waals surface area (Å²) >= 11 is 8.40. The molecule has 3 aliphatic heterocycles. The Bertz CT molecular complexity index is 2390. The second-order valence-electron chi connectivity index (χ2n) is 15.6. The topological polar surface area (TPSA) is 164 Å². The summed E-state index contributed by atoms with van der Waals surface area (Å²) in [4.78, 5) is 38.9. The number of benzene rings is 2. The van der Waals surface area contributed by atoms with Gasteiger partial charge in [-0.3, -0.25) is 5.32 Å². The van der Waals surface area contributed by atoms with E-state index in [0.717, 1.165) is 24.2 Å². The number of piperazine rings is 1. The molecule has 2 bridgehead atoms. The number of carbonyl (C=O) groups excluding carboxylic acids is 2. The van der Waals surface area contributed by atoms with E-state index in [0.29, 0.717) is 40.1 Å². The number of anilines is 2. The molecule has 0 radical (unpaired) electrons. The molecule has 13 nitrogen and oxygen atoms in total. The fourth-order valence-corrected chi connectivity index (χ4v) is 9.54. The number of nitriles is 1. The number of amides is 2. The minimum Gasteiger partial charge on any atom is -0.444 e. The van der Waals surface area contributed by atoms with Crippen LogP contribution in [0.25, 0.3) is 32.1 Å². The molecule has 1 N–H and O–H groups in total. The molecular weight excluding hydrogens is 759 g/mol. The molecule has 2 aromatic carbocycles. The zero-order valence-electron chi connectivity index (χ0n) is 30.9. The van der Waals surface area contributed by atoms with E-state index < -0.39 is 44.2 Å². The van der Waals surface area contributed by atoms with E-state index in [2.05, 4.69) is 21.3 Å². The van der Waals surface area contributed by atoms with Gasteiger partial charge >= 0.3 is 12.2 Å². The number of nitrogens with zero attached hydrogens (tertiary/aromatic N) is 5. The Balaban J connectivity index is 1.44. The molecule has 2 unspecified atom stereocenters. The minimum atomic E-state index is -3.98. The molecule has 54 heavy (non-hydrogen) atoms. The fourth-order valence-electron chi connectivity index (χ4n) is 7.43. The van der Waals surface area contributed by atoms with E-state index in [9.17, 15) is 23.3 Å². The highest BCUT2D eigenvalue weighted by Gasteiger charge is 2.45. The van der Waals surface area contributed by atoms with Crippen LogP contribution in [0.4, 0.5) is 24.8 Å². The van der Waals surface area contributed by atoms with Crippen LogP contribution in [0.2, 0.25) is 5.02 Å². The van der Waals surface area contributed by atoms with Crippen LogP contribution in [0, 0.1) is 17.1 Å². The normalized spacial score (nSPS) is 18.6. The van der Waals surface area contributed by atoms with Crippen LogP contribution in [0.1, 0.15) is 78.0 Å². The highest BCUT2D eigenvalue weighted by molar-refractivity contribution is 7.91. The molecule has 0 aliphatic carbocycles. The summed E-state index contributed by atoms with van der Waals surface area (Å²) in [5.41, 5.74) is -0.00354. The van der Waals surface area contributed by atoms with Crippen LogP contribution >= 0.6 is 22.9 Å². The lowest BCUT2D eigenvalue weighted by atomic mass is 9.90. The maximum atomic E-state index is 16.4. The zero-order valence-corrected chi connectivity index (χ0v) is 33.3. The number of carbonyl (C=O) groups is 2. The van der Waals surface area contributed by atoms with Crippen molar-refractivity contribution in [1.29, 1.82) is 5.26 Å². The summed E-state index contributed by atoms with van der Waals surface area (Å²) in [6.45, 7) is 12.8. The van der Waals surface area contributed by atoms with Gasteiger partial charge in [0.15, 0.2) is 0 Å². The lowest BCUT2D eigenvalue weighted by molar-refractivity contribution is 0.0209. The Kier molecular flexibility index (Phi) is 9.48. The van der Waals surface area contributed by atoms with Crippen molar-refractivity contribution >= 4 is 76.8 Å². The van der Waals surface area contributed by atoms with Gasteiger partial charge in [0.1, 0.15) is 33.9 Å². The van der Waals surface area contributed by atoms with Crippen LogP contribution in [0.5, 0.6) is 0 Å². The van der Waals surface area contributed by atoms with Gasteiger partial charge in [0.2, 0.25) is 15.0 Å². The van der Waals surface area contributed by atoms with Gasteiger partial charge in [0.25, 0.3) is 0 Å². The smallest absolute Gasteiger partial charge is 0.412 e. The Morgan fingerprint density at radius 2 is 1.69 bits per heavy atom. The van der Waals surface area contributed by atoms with E-state index >= 15 is 4.39 Å². The molecular formula is C37H40ClFN6O7S2. The molecule has 2 saturated heterocycles. The molecule has 3 aliphatic rings. The highest BCUT2D eigenvalue weighted by atomic mass is 35.5. The Hall–Kier alpha value is -4.30. The molecule has 5 heterocycles. The lowest BCUT2D eigenvalue weighted by Crippen LogP contribution is -2.56. The third-order valence-corrected chi connectivity index (χ3v) is 12.5. The number of nitrogens with one attached hydrogen (secondary N) is 1. The van der Waals surface area contributed by atoms with Gasteiger partial charge in [-0.25, -0.2) is 32.4 Å². The number of hydrogen-bond donors (Lipinski definition) is 1. The van der Waals surface area contributed by atoms with Crippen LogP contribution in [0.15, 0.2) is 17.3 Å². The van der Waals surface area contributed by atoms with Gasteiger partial charge in [0.05, 0.1) is 40.5 Å². The first kappa shape index (κ1) is 38.0. The van der Waals surface area contributed by atoms with E-state index in [1.165, 1.54) is 19.1 Å². The fraction of sp³-hybridized carbons (Fsp3) is 0.486. The quantitative estimate of drug-likeness (QED) is 0.195. The Morgan fingerprint density at radius 1 is 1.04 bits per heavy atom. The molecule has 17 heteroatoms. The first-order chi connectivity index (χ1) is 25.3. The second kappa shape index (κ2) is 13.5. The van der Waals surface area contributed by atoms with Gasteiger partial charge in [-0.05, 0) is 77.6 Å². The number of halogens is 2. The van der Waals surface area contributed by atoms with Crippen molar-refractivity contribution in [3.05, 3.63) is 39.7 Å². The summed E-state index contributed by atoms with van der Waals surface area (Å²) in [7, 11) is -3.98. The van der Waals surface area contributed by atoms with Gasteiger partial charge < -0.3 is 24.0 Å². The van der Waals surface area contributed by atoms with E-state index in [4.69, 9.17) is 30.8 Å². The van der Waals surface area contributed by atoms with Gasteiger partial charge in [-0.1, -0.05) is 18.5 Å². The summed E-state index contributed by atoms with van der Waals surface area (Å²) in [5, 5.41) is 13.5. The predicted molar refractivity (Wildman–Crippen MR) is 203 cm³/mol. The predicted octanol–water partition coefficient (Wildman–Crippen LogP) is 7.93. The summed E-state index contributed by atoms with van der Waals surface area (Å²) < 4.78 is 61.0. The van der Waals surface area contributed by atoms with Crippen molar-refractivity contribution < 1.29 is 36.6 Å². The maximum Gasteiger partial charge on any atom is 0.412 e. The summed E-state index contributed by atoms with van der Waals surface area (Å²) in [6.07, 6.45) is 0.240. The molecule has 0 saturated carbocycles. The number of thiophene rings is 1. The Labute approximate surface area is 321 Å². The number of fused-ring (bicyclic) bond motifs is 6. The SMILES string of the molecule is CCS(=O)(=O)c1nc(N2C3CCC2CN(C(=O)OC(C)(C)C)C3)c2c3c(c(-c4c(F)ccc5sc(NC(=O)OC(C)(C)C)c(C#N)c45)c(Cl)c2n1)COC3. The van der Waals surface area contributed by atoms with Crippen molar-refractivity contribution in [3.63, 3.8) is 0 Å². The molecule has 4 aromatic rings. The van der Waals surface area contributed by atoms with Crippen molar-refractivity contribution in [1.82, 2.24) is 14.9 Å². The third-order valence-electron chi connectivity index (χ3n) is 9.58. The number of aromatic nitrogens is 2. The summed E-state index contributed by atoms with van der Waals surface area (Å²) in [5.74, 6) is -0.616. The number of sulfone groups is 1.